The van der Waals surface area contributed by atoms with E-state index in [0.29, 0.717) is 0 Å². The predicted molar refractivity (Wildman–Crippen MR) is 105 cm³/mol. The average Bonchev–Trinajstić information content (AvgIpc) is 2.60. The van der Waals surface area contributed by atoms with Gasteiger partial charge in [-0.25, -0.2) is 0 Å². The number of aryl methyl sites for hydroxylation is 3. The minimum Gasteiger partial charge on any atom is -0.392 e. The summed E-state index contributed by atoms with van der Waals surface area (Å²) in [5.41, 5.74) is 4.53. The number of aliphatic hydroxyl groups excluding tert-OH is 1. The lowest BCUT2D eigenvalue weighted by Crippen LogP contribution is -2.17. The SMILES string of the molecule is CC(C)(O)CCCCCc1ccc(CCc2ccc(CO)cc2)cc1. The lowest BCUT2D eigenvalue weighted by molar-refractivity contribution is 0.0681. The summed E-state index contributed by atoms with van der Waals surface area (Å²) in [5, 5.41) is 18.8. The summed E-state index contributed by atoms with van der Waals surface area (Å²) < 4.78 is 0. The van der Waals surface area contributed by atoms with Crippen LogP contribution < -0.4 is 0 Å². The lowest BCUT2D eigenvalue weighted by Gasteiger charge is -2.16. The van der Waals surface area contributed by atoms with Gasteiger partial charge in [0.15, 0.2) is 0 Å². The maximum absolute atomic E-state index is 9.71. The van der Waals surface area contributed by atoms with Crippen LogP contribution in [0.15, 0.2) is 48.5 Å². The van der Waals surface area contributed by atoms with Crippen LogP contribution in [-0.2, 0) is 25.9 Å². The predicted octanol–water partition coefficient (Wildman–Crippen LogP) is 4.84. The quantitative estimate of drug-likeness (QED) is 0.608. The summed E-state index contributed by atoms with van der Waals surface area (Å²) in [6.07, 6.45) is 7.53. The van der Waals surface area contributed by atoms with Crippen molar-refractivity contribution in [2.45, 2.75) is 71.0 Å². The largest absolute Gasteiger partial charge is 0.392 e. The van der Waals surface area contributed by atoms with Crippen LogP contribution in [0.3, 0.4) is 0 Å². The molecule has 0 heterocycles. The Morgan fingerprint density at radius 2 is 1.08 bits per heavy atom. The molecule has 25 heavy (non-hydrogen) atoms. The minimum atomic E-state index is -0.528. The third-order valence-corrected chi connectivity index (χ3v) is 4.68. The first-order chi connectivity index (χ1) is 12.0. The Bertz CT molecular complexity index is 606. The topological polar surface area (TPSA) is 40.5 Å². The maximum atomic E-state index is 9.71. The summed E-state index contributed by atoms with van der Waals surface area (Å²) in [7, 11) is 0. The van der Waals surface area contributed by atoms with E-state index in [2.05, 4.69) is 36.4 Å². The van der Waals surface area contributed by atoms with E-state index < -0.39 is 5.60 Å². The van der Waals surface area contributed by atoms with Gasteiger partial charge >= 0.3 is 0 Å². The van der Waals surface area contributed by atoms with Crippen molar-refractivity contribution in [1.29, 1.82) is 0 Å². The van der Waals surface area contributed by atoms with Gasteiger partial charge < -0.3 is 10.2 Å². The van der Waals surface area contributed by atoms with Gasteiger partial charge in [0.05, 0.1) is 12.2 Å². The van der Waals surface area contributed by atoms with Crippen LogP contribution in [0.1, 0.15) is 61.8 Å². The summed E-state index contributed by atoms with van der Waals surface area (Å²) in [6.45, 7) is 3.87. The lowest BCUT2D eigenvalue weighted by atomic mass is 9.98. The summed E-state index contributed by atoms with van der Waals surface area (Å²) in [5.74, 6) is 0. The molecule has 0 atom stereocenters. The fraction of sp³-hybridized carbons (Fsp3) is 0.478. The van der Waals surface area contributed by atoms with E-state index in [9.17, 15) is 5.11 Å². The molecule has 0 saturated heterocycles. The third kappa shape index (κ3) is 7.85. The maximum Gasteiger partial charge on any atom is 0.0681 e. The van der Waals surface area contributed by atoms with Gasteiger partial charge in [-0.3, -0.25) is 0 Å². The Balaban J connectivity index is 1.70. The number of aliphatic hydroxyl groups is 2. The molecule has 0 aliphatic carbocycles. The van der Waals surface area contributed by atoms with E-state index in [4.69, 9.17) is 5.11 Å². The molecule has 0 saturated carbocycles. The number of rotatable bonds is 10. The highest BCUT2D eigenvalue weighted by atomic mass is 16.3. The highest BCUT2D eigenvalue weighted by Crippen LogP contribution is 2.16. The first-order valence-corrected chi connectivity index (χ1v) is 9.45. The zero-order chi connectivity index (χ0) is 18.1. The van der Waals surface area contributed by atoms with Gasteiger partial charge in [-0.2, -0.15) is 0 Å². The summed E-state index contributed by atoms with van der Waals surface area (Å²) in [4.78, 5) is 0. The number of benzene rings is 2. The monoisotopic (exact) mass is 340 g/mol. The van der Waals surface area contributed by atoms with Crippen molar-refractivity contribution < 1.29 is 10.2 Å². The molecule has 0 aliphatic rings. The molecule has 2 rings (SSSR count). The summed E-state index contributed by atoms with van der Waals surface area (Å²) in [6, 6.07) is 17.2. The van der Waals surface area contributed by atoms with Crippen LogP contribution in [0.5, 0.6) is 0 Å². The fourth-order valence-electron chi connectivity index (χ4n) is 3.04. The second-order valence-corrected chi connectivity index (χ2v) is 7.66. The van der Waals surface area contributed by atoms with Crippen LogP contribution in [0, 0.1) is 0 Å². The molecule has 0 aromatic heterocycles. The molecular formula is C23H32O2. The van der Waals surface area contributed by atoms with E-state index in [1.165, 1.54) is 29.5 Å². The highest BCUT2D eigenvalue weighted by Gasteiger charge is 2.10. The van der Waals surface area contributed by atoms with Crippen LogP contribution in [-0.4, -0.2) is 15.8 Å². The van der Waals surface area contributed by atoms with Crippen LogP contribution in [0.4, 0.5) is 0 Å². The van der Waals surface area contributed by atoms with Crippen LogP contribution in [0.2, 0.25) is 0 Å². The summed E-state index contributed by atoms with van der Waals surface area (Å²) >= 11 is 0. The second-order valence-electron chi connectivity index (χ2n) is 7.66. The van der Waals surface area contributed by atoms with Gasteiger partial charge in [0, 0.05) is 0 Å². The fourth-order valence-corrected chi connectivity index (χ4v) is 3.04. The molecule has 2 nitrogen and oxygen atoms in total. The Kier molecular flexibility index (Phi) is 7.67. The highest BCUT2D eigenvalue weighted by molar-refractivity contribution is 5.26. The molecule has 0 radical (unpaired) electrons. The number of hydrogen-bond donors (Lipinski definition) is 2. The molecule has 0 bridgehead atoms. The smallest absolute Gasteiger partial charge is 0.0681 e. The first kappa shape index (κ1) is 19.7. The molecule has 0 spiro atoms. The van der Waals surface area contributed by atoms with Gasteiger partial charge in [-0.05, 0) is 68.2 Å². The molecule has 0 unspecified atom stereocenters. The molecule has 2 N–H and O–H groups in total. The number of unbranched alkanes of at least 4 members (excludes halogenated alkanes) is 2. The van der Waals surface area contributed by atoms with E-state index >= 15 is 0 Å². The van der Waals surface area contributed by atoms with E-state index in [1.54, 1.807) is 0 Å². The second kappa shape index (κ2) is 9.74. The Labute approximate surface area is 152 Å². The number of hydrogen-bond acceptors (Lipinski definition) is 2. The van der Waals surface area contributed by atoms with Crippen molar-refractivity contribution in [3.8, 4) is 0 Å². The molecule has 0 fully saturated rings. The first-order valence-electron chi connectivity index (χ1n) is 9.45. The Hall–Kier alpha value is -1.64. The van der Waals surface area contributed by atoms with Crippen molar-refractivity contribution in [2.24, 2.45) is 0 Å². The van der Waals surface area contributed by atoms with Gasteiger partial charge in [0.2, 0.25) is 0 Å². The molecule has 2 aromatic carbocycles. The van der Waals surface area contributed by atoms with E-state index in [0.717, 1.165) is 37.7 Å². The van der Waals surface area contributed by atoms with Crippen molar-refractivity contribution in [2.75, 3.05) is 0 Å². The van der Waals surface area contributed by atoms with E-state index in [1.807, 2.05) is 26.0 Å². The van der Waals surface area contributed by atoms with Gasteiger partial charge in [-0.15, -0.1) is 0 Å². The average molecular weight is 341 g/mol. The van der Waals surface area contributed by atoms with Crippen molar-refractivity contribution >= 4 is 0 Å². The standard InChI is InChI=1S/C23H32O2/c1-23(2,25)17-5-3-4-6-19-7-9-20(10-8-19)11-12-21-13-15-22(18-24)16-14-21/h7-10,13-16,24-25H,3-6,11-12,17-18H2,1-2H3. The van der Waals surface area contributed by atoms with Gasteiger partial charge in [0.25, 0.3) is 0 Å². The zero-order valence-electron chi connectivity index (χ0n) is 15.7. The minimum absolute atomic E-state index is 0.111. The van der Waals surface area contributed by atoms with Crippen LogP contribution in [0.25, 0.3) is 0 Å². The van der Waals surface area contributed by atoms with E-state index in [-0.39, 0.29) is 6.61 Å². The van der Waals surface area contributed by atoms with Crippen LogP contribution >= 0.6 is 0 Å². The molecule has 0 aliphatic heterocycles. The van der Waals surface area contributed by atoms with Crippen molar-refractivity contribution in [3.05, 3.63) is 70.8 Å². The van der Waals surface area contributed by atoms with Gasteiger partial charge in [-0.1, -0.05) is 61.4 Å². The molecule has 136 valence electrons. The molecular weight excluding hydrogens is 308 g/mol. The molecule has 0 amide bonds. The molecule has 2 heteroatoms. The van der Waals surface area contributed by atoms with Crippen molar-refractivity contribution in [1.82, 2.24) is 0 Å². The van der Waals surface area contributed by atoms with Gasteiger partial charge in [0.1, 0.15) is 0 Å². The zero-order valence-corrected chi connectivity index (χ0v) is 15.7. The molecule has 2 aromatic rings. The van der Waals surface area contributed by atoms with Crippen molar-refractivity contribution in [3.63, 3.8) is 0 Å². The third-order valence-electron chi connectivity index (χ3n) is 4.68. The Morgan fingerprint density at radius 3 is 1.52 bits per heavy atom. The Morgan fingerprint density at radius 1 is 0.640 bits per heavy atom. The normalized spacial score (nSPS) is 11.7.